The van der Waals surface area contributed by atoms with Gasteiger partial charge in [-0.05, 0) is 136 Å². The second-order valence-corrected chi connectivity index (χ2v) is 15.5. The first-order valence-corrected chi connectivity index (χ1v) is 16.7. The summed E-state index contributed by atoms with van der Waals surface area (Å²) in [6, 6.07) is 0.764. The average Bonchev–Trinajstić information content (AvgIpc) is 3.33. The smallest absolute Gasteiger partial charge is 0.122 e. The van der Waals surface area contributed by atoms with E-state index in [9.17, 15) is 0 Å². The number of hydrogen-bond donors (Lipinski definition) is 3. The maximum atomic E-state index is 7.10. The predicted molar refractivity (Wildman–Crippen MR) is 153 cm³/mol. The minimum Gasteiger partial charge on any atom is -0.357 e. The van der Waals surface area contributed by atoms with Gasteiger partial charge in [-0.15, -0.1) is 0 Å². The molecule has 0 bridgehead atoms. The second-order valence-electron chi connectivity index (χ2n) is 15.5. The van der Waals surface area contributed by atoms with Crippen LogP contribution in [0.2, 0.25) is 0 Å². The van der Waals surface area contributed by atoms with E-state index in [4.69, 9.17) is 10.5 Å². The van der Waals surface area contributed by atoms with E-state index in [-0.39, 0.29) is 5.72 Å². The van der Waals surface area contributed by atoms with E-state index in [1.165, 1.54) is 96.4 Å². The molecule has 6 aliphatic rings. The molecule has 1 spiro atoms. The van der Waals surface area contributed by atoms with Gasteiger partial charge in [-0.2, -0.15) is 0 Å². The van der Waals surface area contributed by atoms with Crippen molar-refractivity contribution in [3.05, 3.63) is 0 Å². The van der Waals surface area contributed by atoms with Gasteiger partial charge in [0, 0.05) is 18.5 Å². The van der Waals surface area contributed by atoms with Crippen LogP contribution in [-0.4, -0.2) is 37.5 Å². The molecule has 12 atom stereocenters. The zero-order valence-electron chi connectivity index (χ0n) is 24.7. The first kappa shape index (κ1) is 27.0. The van der Waals surface area contributed by atoms with Gasteiger partial charge in [0.1, 0.15) is 5.72 Å². The summed E-state index contributed by atoms with van der Waals surface area (Å²) in [5.74, 6) is 5.94. The highest BCUT2D eigenvalue weighted by molar-refractivity contribution is 5.16. The Bertz CT molecular complexity index is 794. The number of piperidine rings is 1. The maximum absolute atomic E-state index is 7.10. The van der Waals surface area contributed by atoms with E-state index in [1.807, 2.05) is 0 Å². The van der Waals surface area contributed by atoms with Gasteiger partial charge in [-0.1, -0.05) is 40.5 Å². The number of unbranched alkanes of at least 4 members (excludes halogenated alkanes) is 3. The summed E-state index contributed by atoms with van der Waals surface area (Å²) in [7, 11) is 0. The average molecular weight is 514 g/mol. The van der Waals surface area contributed by atoms with E-state index in [0.29, 0.717) is 22.9 Å². The van der Waals surface area contributed by atoms with Gasteiger partial charge in [0.2, 0.25) is 0 Å². The Kier molecular flexibility index (Phi) is 7.56. The standard InChI is InChI=1S/C33H59N3O/c1-22-11-16-33(36-21-22)23(2)30-29(37-33)20-28-26-10-9-24-19-25(35-18-8-6-5-7-17-34)12-14-31(24,3)27(26)13-15-32(28,30)4/h22-30,35-36H,5-21,34H2,1-4H3/t22-,23-,24?,25?,26+,27?,28?,29-,30-,31-,32-,33-/m0/s1. The molecular formula is C33H59N3O. The third-order valence-corrected chi connectivity index (χ3v) is 13.7. The van der Waals surface area contributed by atoms with Crippen LogP contribution in [0.3, 0.4) is 0 Å². The lowest BCUT2D eigenvalue weighted by Gasteiger charge is -2.61. The van der Waals surface area contributed by atoms with Crippen LogP contribution in [0.5, 0.6) is 0 Å². The molecule has 2 heterocycles. The van der Waals surface area contributed by atoms with Crippen molar-refractivity contribution in [2.24, 2.45) is 58.0 Å². The van der Waals surface area contributed by atoms with Gasteiger partial charge in [-0.25, -0.2) is 0 Å². The van der Waals surface area contributed by atoms with Crippen molar-refractivity contribution in [1.29, 1.82) is 0 Å². The second kappa shape index (κ2) is 10.3. The van der Waals surface area contributed by atoms with Gasteiger partial charge < -0.3 is 15.8 Å². The Morgan fingerprint density at radius 3 is 2.46 bits per heavy atom. The quantitative estimate of drug-likeness (QED) is 0.341. The highest BCUT2D eigenvalue weighted by Gasteiger charge is 2.68. The zero-order chi connectivity index (χ0) is 25.8. The molecule has 4 unspecified atom stereocenters. The molecule has 6 fully saturated rings. The van der Waals surface area contributed by atoms with Crippen molar-refractivity contribution in [3.63, 3.8) is 0 Å². The molecule has 0 aromatic carbocycles. The Morgan fingerprint density at radius 2 is 1.68 bits per heavy atom. The molecular weight excluding hydrogens is 454 g/mol. The monoisotopic (exact) mass is 513 g/mol. The minimum absolute atomic E-state index is 0.0217. The Morgan fingerprint density at radius 1 is 0.865 bits per heavy atom. The molecule has 0 aromatic heterocycles. The summed E-state index contributed by atoms with van der Waals surface area (Å²) in [4.78, 5) is 0. The highest BCUT2D eigenvalue weighted by atomic mass is 16.5. The summed E-state index contributed by atoms with van der Waals surface area (Å²) >= 11 is 0. The zero-order valence-corrected chi connectivity index (χ0v) is 24.7. The SMILES string of the molecule is C[C@H]1CC[C@]2(NC1)O[C@H]1CC3[C@@H]4CCC5CC(NCCCCCCN)CC[C@]5(C)C4CC[C@]3(C)[C@H]1[C@@H]2C. The molecule has 0 amide bonds. The van der Waals surface area contributed by atoms with Gasteiger partial charge in [0.05, 0.1) is 6.10 Å². The third kappa shape index (κ3) is 4.47. The number of hydrogen-bond acceptors (Lipinski definition) is 4. The van der Waals surface area contributed by atoms with Crippen LogP contribution in [0.4, 0.5) is 0 Å². The molecule has 4 nitrogen and oxygen atoms in total. The largest absolute Gasteiger partial charge is 0.357 e. The number of fused-ring (bicyclic) bond motifs is 7. The van der Waals surface area contributed by atoms with Gasteiger partial charge >= 0.3 is 0 Å². The van der Waals surface area contributed by atoms with E-state index in [2.05, 4.69) is 38.3 Å². The summed E-state index contributed by atoms with van der Waals surface area (Å²) in [5, 5.41) is 7.91. The molecule has 37 heavy (non-hydrogen) atoms. The van der Waals surface area contributed by atoms with Crippen LogP contribution in [-0.2, 0) is 4.74 Å². The topological polar surface area (TPSA) is 59.3 Å². The molecule has 2 aliphatic heterocycles. The van der Waals surface area contributed by atoms with Crippen molar-refractivity contribution >= 4 is 0 Å². The van der Waals surface area contributed by atoms with Crippen LogP contribution < -0.4 is 16.4 Å². The highest BCUT2D eigenvalue weighted by Crippen LogP contribution is 2.71. The van der Waals surface area contributed by atoms with Crippen molar-refractivity contribution < 1.29 is 4.74 Å². The van der Waals surface area contributed by atoms with Gasteiger partial charge in [0.15, 0.2) is 0 Å². The lowest BCUT2D eigenvalue weighted by Crippen LogP contribution is -2.58. The molecule has 4 N–H and O–H groups in total. The first-order valence-electron chi connectivity index (χ1n) is 16.7. The Hall–Kier alpha value is -0.160. The number of ether oxygens (including phenoxy) is 1. The van der Waals surface area contributed by atoms with Crippen molar-refractivity contribution in [2.75, 3.05) is 19.6 Å². The molecule has 0 aromatic rings. The molecule has 2 saturated heterocycles. The van der Waals surface area contributed by atoms with E-state index < -0.39 is 0 Å². The number of nitrogens with one attached hydrogen (secondary N) is 2. The summed E-state index contributed by atoms with van der Waals surface area (Å²) in [5.41, 5.74) is 6.71. The molecule has 4 saturated carbocycles. The molecule has 4 heteroatoms. The molecule has 212 valence electrons. The van der Waals surface area contributed by atoms with E-state index >= 15 is 0 Å². The third-order valence-electron chi connectivity index (χ3n) is 13.7. The summed E-state index contributed by atoms with van der Waals surface area (Å²) in [6.45, 7) is 13.6. The van der Waals surface area contributed by atoms with Crippen LogP contribution in [0.15, 0.2) is 0 Å². The van der Waals surface area contributed by atoms with E-state index in [1.54, 1.807) is 0 Å². The Labute approximate surface area is 228 Å². The normalized spacial score (nSPS) is 52.9. The summed E-state index contributed by atoms with van der Waals surface area (Å²) in [6.07, 6.45) is 19.7. The van der Waals surface area contributed by atoms with E-state index in [0.717, 1.165) is 54.6 Å². The van der Waals surface area contributed by atoms with Crippen LogP contribution in [0, 0.1) is 52.3 Å². The maximum Gasteiger partial charge on any atom is 0.122 e. The molecule has 4 aliphatic carbocycles. The van der Waals surface area contributed by atoms with Gasteiger partial charge in [0.25, 0.3) is 0 Å². The van der Waals surface area contributed by atoms with Crippen LogP contribution in [0.1, 0.15) is 118 Å². The van der Waals surface area contributed by atoms with Crippen LogP contribution in [0.25, 0.3) is 0 Å². The number of nitrogens with two attached hydrogens (primary N) is 1. The minimum atomic E-state index is -0.0217. The lowest BCUT2D eigenvalue weighted by molar-refractivity contribution is -0.134. The van der Waals surface area contributed by atoms with Crippen LogP contribution >= 0.6 is 0 Å². The first-order chi connectivity index (χ1) is 17.8. The predicted octanol–water partition coefficient (Wildman–Crippen LogP) is 6.48. The summed E-state index contributed by atoms with van der Waals surface area (Å²) < 4.78 is 7.10. The molecule has 6 rings (SSSR count). The molecule has 0 radical (unpaired) electrons. The Balaban J connectivity index is 1.09. The van der Waals surface area contributed by atoms with Crippen molar-refractivity contribution in [1.82, 2.24) is 10.6 Å². The number of rotatable bonds is 7. The lowest BCUT2D eigenvalue weighted by atomic mass is 9.44. The fraction of sp³-hybridized carbons (Fsp3) is 1.00. The van der Waals surface area contributed by atoms with Gasteiger partial charge in [-0.3, -0.25) is 5.32 Å². The van der Waals surface area contributed by atoms with Crippen molar-refractivity contribution in [2.45, 2.75) is 135 Å². The fourth-order valence-electron chi connectivity index (χ4n) is 11.6. The van der Waals surface area contributed by atoms with Crippen molar-refractivity contribution in [3.8, 4) is 0 Å². The fourth-order valence-corrected chi connectivity index (χ4v) is 11.6.